The number of amides is 2. The van der Waals surface area contributed by atoms with Crippen molar-refractivity contribution < 1.29 is 19.4 Å². The number of aliphatic carboxylic acids is 1. The van der Waals surface area contributed by atoms with E-state index in [4.69, 9.17) is 9.84 Å². The van der Waals surface area contributed by atoms with Gasteiger partial charge in [-0.25, -0.2) is 4.79 Å². The Hall–Kier alpha value is -2.24. The number of hydrogen-bond donors (Lipinski definition) is 3. The summed E-state index contributed by atoms with van der Waals surface area (Å²) in [5, 5.41) is 14.1. The molecule has 0 aliphatic carbocycles. The van der Waals surface area contributed by atoms with Crippen LogP contribution in [0.1, 0.15) is 25.3 Å². The number of carboxylic acid groups (broad SMARTS) is 1. The molecule has 0 fully saturated rings. The van der Waals surface area contributed by atoms with Gasteiger partial charge in [0.1, 0.15) is 5.75 Å². The number of nitrogens with one attached hydrogen (secondary N) is 2. The van der Waals surface area contributed by atoms with Crippen LogP contribution in [-0.2, 0) is 11.3 Å². The van der Waals surface area contributed by atoms with Crippen LogP contribution in [0.5, 0.6) is 5.75 Å². The molecule has 1 rings (SSSR count). The number of carbonyl (C=O) groups excluding carboxylic acids is 1. The molecule has 0 heterocycles. The molecule has 1 aromatic rings. The highest BCUT2D eigenvalue weighted by molar-refractivity contribution is 5.73. The lowest BCUT2D eigenvalue weighted by Gasteiger charge is -2.13. The van der Waals surface area contributed by atoms with E-state index in [-0.39, 0.29) is 18.4 Å². The second-order valence-corrected chi connectivity index (χ2v) is 4.91. The molecular formula is C15H22N2O4. The van der Waals surface area contributed by atoms with Crippen LogP contribution >= 0.6 is 0 Å². The molecule has 6 heteroatoms. The molecule has 3 N–H and O–H groups in total. The quantitative estimate of drug-likeness (QED) is 0.684. The summed E-state index contributed by atoms with van der Waals surface area (Å²) < 4.78 is 5.20. The van der Waals surface area contributed by atoms with Gasteiger partial charge < -0.3 is 20.5 Å². The van der Waals surface area contributed by atoms with E-state index >= 15 is 0 Å². The second-order valence-electron chi connectivity index (χ2n) is 4.91. The third-order valence-corrected chi connectivity index (χ3v) is 3.09. The molecule has 0 radical (unpaired) electrons. The number of rotatable bonds is 8. The van der Waals surface area contributed by atoms with Gasteiger partial charge >= 0.3 is 12.0 Å². The van der Waals surface area contributed by atoms with Crippen molar-refractivity contribution >= 4 is 12.0 Å². The summed E-state index contributed by atoms with van der Waals surface area (Å²) in [7, 11) is 1.59. The Morgan fingerprint density at radius 1 is 1.29 bits per heavy atom. The average Bonchev–Trinajstić information content (AvgIpc) is 2.49. The molecule has 2 amide bonds. The minimum Gasteiger partial charge on any atom is -0.496 e. The highest BCUT2D eigenvalue weighted by Crippen LogP contribution is 2.16. The maximum absolute atomic E-state index is 11.7. The molecule has 1 aromatic carbocycles. The monoisotopic (exact) mass is 294 g/mol. The summed E-state index contributed by atoms with van der Waals surface area (Å²) >= 11 is 0. The summed E-state index contributed by atoms with van der Waals surface area (Å²) in [4.78, 5) is 22.1. The van der Waals surface area contributed by atoms with E-state index in [2.05, 4.69) is 10.6 Å². The zero-order chi connectivity index (χ0) is 15.7. The summed E-state index contributed by atoms with van der Waals surface area (Å²) in [6.07, 6.45) is 0.661. The Bertz CT molecular complexity index is 476. The van der Waals surface area contributed by atoms with Crippen molar-refractivity contribution in [2.45, 2.75) is 26.3 Å². The molecule has 1 unspecified atom stereocenters. The van der Waals surface area contributed by atoms with Crippen molar-refractivity contribution in [3.8, 4) is 5.75 Å². The Balaban J connectivity index is 2.29. The minimum atomic E-state index is -0.817. The van der Waals surface area contributed by atoms with Gasteiger partial charge in [0.15, 0.2) is 0 Å². The third kappa shape index (κ3) is 6.65. The van der Waals surface area contributed by atoms with Crippen molar-refractivity contribution in [1.29, 1.82) is 0 Å². The van der Waals surface area contributed by atoms with E-state index in [1.807, 2.05) is 31.2 Å². The molecule has 0 aliphatic rings. The highest BCUT2D eigenvalue weighted by Gasteiger charge is 2.08. The van der Waals surface area contributed by atoms with Gasteiger partial charge in [0, 0.05) is 25.1 Å². The SMILES string of the molecule is COc1ccccc1CNC(=O)NCC(C)CCC(=O)O. The van der Waals surface area contributed by atoms with Gasteiger partial charge in [0.05, 0.1) is 7.11 Å². The number of benzene rings is 1. The smallest absolute Gasteiger partial charge is 0.315 e. The van der Waals surface area contributed by atoms with E-state index in [1.54, 1.807) is 7.11 Å². The number of para-hydroxylation sites is 1. The first-order valence-corrected chi connectivity index (χ1v) is 6.88. The molecule has 0 saturated heterocycles. The maximum Gasteiger partial charge on any atom is 0.315 e. The molecule has 0 bridgehead atoms. The van der Waals surface area contributed by atoms with Gasteiger partial charge in [-0.3, -0.25) is 4.79 Å². The first kappa shape index (κ1) is 16.8. The van der Waals surface area contributed by atoms with Gasteiger partial charge in [-0.2, -0.15) is 0 Å². The van der Waals surface area contributed by atoms with E-state index in [9.17, 15) is 9.59 Å². The number of methoxy groups -OCH3 is 1. The zero-order valence-corrected chi connectivity index (χ0v) is 12.4. The number of urea groups is 1. The van der Waals surface area contributed by atoms with Gasteiger partial charge in [0.25, 0.3) is 0 Å². The van der Waals surface area contributed by atoms with E-state index in [0.717, 1.165) is 11.3 Å². The molecule has 0 aliphatic heterocycles. The van der Waals surface area contributed by atoms with Crippen molar-refractivity contribution in [3.63, 3.8) is 0 Å². The number of carboxylic acids is 1. The Kier molecular flexibility index (Phi) is 7.08. The van der Waals surface area contributed by atoms with Crippen LogP contribution < -0.4 is 15.4 Å². The standard InChI is InChI=1S/C15H22N2O4/c1-11(7-8-14(18)19)9-16-15(20)17-10-12-5-3-4-6-13(12)21-2/h3-6,11H,7-10H2,1-2H3,(H,18,19)(H2,16,17,20). The van der Waals surface area contributed by atoms with Gasteiger partial charge in [-0.05, 0) is 18.4 Å². The normalized spacial score (nSPS) is 11.5. The lowest BCUT2D eigenvalue weighted by atomic mass is 10.1. The lowest BCUT2D eigenvalue weighted by Crippen LogP contribution is -2.37. The van der Waals surface area contributed by atoms with Crippen LogP contribution in [0.2, 0.25) is 0 Å². The first-order chi connectivity index (χ1) is 10.0. The molecular weight excluding hydrogens is 272 g/mol. The largest absolute Gasteiger partial charge is 0.496 e. The van der Waals surface area contributed by atoms with Crippen LogP contribution in [0, 0.1) is 5.92 Å². The molecule has 116 valence electrons. The maximum atomic E-state index is 11.7. The Morgan fingerprint density at radius 2 is 2.00 bits per heavy atom. The fourth-order valence-corrected chi connectivity index (χ4v) is 1.83. The van der Waals surface area contributed by atoms with E-state index in [0.29, 0.717) is 19.5 Å². The minimum absolute atomic E-state index is 0.117. The highest BCUT2D eigenvalue weighted by atomic mass is 16.5. The van der Waals surface area contributed by atoms with Crippen LogP contribution in [-0.4, -0.2) is 30.8 Å². The van der Waals surface area contributed by atoms with Crippen molar-refractivity contribution in [2.75, 3.05) is 13.7 Å². The second kappa shape index (κ2) is 8.84. The summed E-state index contributed by atoms with van der Waals surface area (Å²) in [5.41, 5.74) is 0.897. The van der Waals surface area contributed by atoms with Crippen molar-refractivity contribution in [3.05, 3.63) is 29.8 Å². The molecule has 1 atom stereocenters. The zero-order valence-electron chi connectivity index (χ0n) is 12.4. The number of ether oxygens (including phenoxy) is 1. The van der Waals surface area contributed by atoms with Crippen LogP contribution in [0.3, 0.4) is 0 Å². The first-order valence-electron chi connectivity index (χ1n) is 6.88. The predicted molar refractivity (Wildman–Crippen MR) is 79.3 cm³/mol. The Morgan fingerprint density at radius 3 is 2.67 bits per heavy atom. The fraction of sp³-hybridized carbons (Fsp3) is 0.467. The van der Waals surface area contributed by atoms with Crippen LogP contribution in [0.25, 0.3) is 0 Å². The Labute approximate surface area is 124 Å². The number of hydrogen-bond acceptors (Lipinski definition) is 3. The van der Waals surface area contributed by atoms with Gasteiger partial charge in [-0.1, -0.05) is 25.1 Å². The lowest BCUT2D eigenvalue weighted by molar-refractivity contribution is -0.137. The van der Waals surface area contributed by atoms with E-state index < -0.39 is 5.97 Å². The summed E-state index contributed by atoms with van der Waals surface area (Å²) in [6, 6.07) is 7.19. The average molecular weight is 294 g/mol. The van der Waals surface area contributed by atoms with Crippen LogP contribution in [0.15, 0.2) is 24.3 Å². The van der Waals surface area contributed by atoms with E-state index in [1.165, 1.54) is 0 Å². The summed E-state index contributed by atoms with van der Waals surface area (Å²) in [6.45, 7) is 2.73. The van der Waals surface area contributed by atoms with Gasteiger partial charge in [0.2, 0.25) is 0 Å². The fourth-order valence-electron chi connectivity index (χ4n) is 1.83. The molecule has 0 aromatic heterocycles. The number of carbonyl (C=O) groups is 2. The molecule has 0 spiro atoms. The predicted octanol–water partition coefficient (Wildman–Crippen LogP) is 2.00. The molecule has 0 saturated carbocycles. The molecule has 21 heavy (non-hydrogen) atoms. The van der Waals surface area contributed by atoms with Gasteiger partial charge in [-0.15, -0.1) is 0 Å². The van der Waals surface area contributed by atoms with Crippen LogP contribution in [0.4, 0.5) is 4.79 Å². The third-order valence-electron chi connectivity index (χ3n) is 3.09. The topological polar surface area (TPSA) is 87.7 Å². The molecule has 6 nitrogen and oxygen atoms in total. The summed E-state index contributed by atoms with van der Waals surface area (Å²) in [5.74, 6) is 0.0354. The van der Waals surface area contributed by atoms with Crippen molar-refractivity contribution in [2.24, 2.45) is 5.92 Å². The van der Waals surface area contributed by atoms with Crippen molar-refractivity contribution in [1.82, 2.24) is 10.6 Å².